The first-order valence-electron chi connectivity index (χ1n) is 11.9. The Balaban J connectivity index is 1.57. The number of nitrogens with one attached hydrogen (secondary N) is 6. The van der Waals surface area contributed by atoms with Crippen molar-refractivity contribution < 1.29 is 31.2 Å². The minimum Gasteiger partial charge on any atom is -0.348 e. The van der Waals surface area contributed by atoms with Gasteiger partial charge in [0.1, 0.15) is 6.04 Å². The van der Waals surface area contributed by atoms with Crippen molar-refractivity contribution in [3.63, 3.8) is 0 Å². The molecule has 0 saturated heterocycles. The fraction of sp³-hybridized carbons (Fsp3) is 0.208. The monoisotopic (exact) mass is 602 g/mol. The summed E-state index contributed by atoms with van der Waals surface area (Å²) in [5.41, 5.74) is 1.60. The maximum Gasteiger partial charge on any atom is 0.328 e. The molecule has 0 aliphatic heterocycles. The molecule has 0 fully saturated rings. The summed E-state index contributed by atoms with van der Waals surface area (Å²) in [5.74, 6) is -1.25. The molecule has 1 heterocycles. The summed E-state index contributed by atoms with van der Waals surface area (Å²) in [5, 5.41) is 16.0. The summed E-state index contributed by atoms with van der Waals surface area (Å²) in [6, 6.07) is 8.75. The van der Waals surface area contributed by atoms with Crippen molar-refractivity contribution in [1.82, 2.24) is 30.0 Å². The van der Waals surface area contributed by atoms with Gasteiger partial charge in [-0.15, -0.1) is 0 Å². The maximum atomic E-state index is 13.0. The van der Waals surface area contributed by atoms with Crippen LogP contribution in [0.15, 0.2) is 70.8 Å². The summed E-state index contributed by atoms with van der Waals surface area (Å²) < 4.78 is 52.0. The van der Waals surface area contributed by atoms with Gasteiger partial charge in [0.05, 0.1) is 16.1 Å². The van der Waals surface area contributed by atoms with E-state index in [1.165, 1.54) is 55.1 Å². The molecule has 3 rings (SSSR count). The van der Waals surface area contributed by atoms with Gasteiger partial charge in [0.2, 0.25) is 11.8 Å². The molecule has 0 bridgehead atoms. The van der Waals surface area contributed by atoms with Gasteiger partial charge < -0.3 is 20.9 Å². The van der Waals surface area contributed by atoms with Gasteiger partial charge in [-0.1, -0.05) is 17.7 Å². The molecule has 0 radical (unpaired) electrons. The summed E-state index contributed by atoms with van der Waals surface area (Å²) in [4.78, 5) is 44.0. The number of imidazole rings is 1. The molecule has 4 amide bonds. The Morgan fingerprint density at radius 1 is 0.976 bits per heavy atom. The van der Waals surface area contributed by atoms with Gasteiger partial charge in [0, 0.05) is 37.0 Å². The molecule has 0 saturated carbocycles. The zero-order valence-electron chi connectivity index (χ0n) is 21.5. The van der Waals surface area contributed by atoms with E-state index in [4.69, 9.17) is 5.26 Å². The first-order chi connectivity index (χ1) is 19.4. The third kappa shape index (κ3) is 9.05. The number of hydrogen-bond donors (Lipinski definition) is 6. The summed E-state index contributed by atoms with van der Waals surface area (Å²) in [6.45, 7) is 1.56. The van der Waals surface area contributed by atoms with Crippen molar-refractivity contribution in [2.75, 3.05) is 11.9 Å². The average molecular weight is 603 g/mol. The highest BCUT2D eigenvalue weighted by Gasteiger charge is 2.23. The Morgan fingerprint density at radius 2 is 1.61 bits per heavy atom. The summed E-state index contributed by atoms with van der Waals surface area (Å²) in [7, 11) is -8.13. The van der Waals surface area contributed by atoms with Crippen LogP contribution in [0.2, 0.25) is 0 Å². The molecule has 0 aliphatic carbocycles. The minimum absolute atomic E-state index is 0.0266. The maximum absolute atomic E-state index is 13.0. The number of H-pyrrole nitrogens is 1. The number of hydrogen-bond acceptors (Lipinski definition) is 9. The Bertz CT molecular complexity index is 1630. The van der Waals surface area contributed by atoms with Crippen molar-refractivity contribution in [2.45, 2.75) is 35.6 Å². The molecule has 2 aromatic carbocycles. The van der Waals surface area contributed by atoms with Crippen LogP contribution in [0.4, 0.5) is 10.5 Å². The van der Waals surface area contributed by atoms with Crippen molar-refractivity contribution in [2.24, 2.45) is 0 Å². The Hall–Kier alpha value is -4.95. The van der Waals surface area contributed by atoms with Gasteiger partial charge in [-0.2, -0.15) is 5.26 Å². The van der Waals surface area contributed by atoms with Crippen LogP contribution in [0.5, 0.6) is 0 Å². The SMILES string of the molecule is Cc1ccc(S(=O)(=O)NC(=O)NCCC(=O)N[C@@H](Cc2cnc[nH]2)C(=O)Nc2ccc(S(=O)(=O)NC#N)cc2)cc1. The van der Waals surface area contributed by atoms with Gasteiger partial charge in [-0.25, -0.2) is 36.1 Å². The lowest BCUT2D eigenvalue weighted by Crippen LogP contribution is -2.46. The van der Waals surface area contributed by atoms with Gasteiger partial charge >= 0.3 is 6.03 Å². The van der Waals surface area contributed by atoms with E-state index in [0.29, 0.717) is 5.69 Å². The van der Waals surface area contributed by atoms with Gasteiger partial charge in [0.25, 0.3) is 20.0 Å². The molecule has 0 aliphatic rings. The first-order valence-corrected chi connectivity index (χ1v) is 14.8. The molecular formula is C24H26N8O7S2. The molecule has 41 heavy (non-hydrogen) atoms. The predicted molar refractivity (Wildman–Crippen MR) is 145 cm³/mol. The van der Waals surface area contributed by atoms with E-state index in [1.54, 1.807) is 23.8 Å². The van der Waals surface area contributed by atoms with E-state index in [0.717, 1.165) is 5.56 Å². The average Bonchev–Trinajstić information content (AvgIpc) is 3.42. The number of anilines is 1. The number of aromatic amines is 1. The number of nitrogens with zero attached hydrogens (tertiary/aromatic N) is 2. The number of rotatable bonds is 12. The molecule has 17 heteroatoms. The number of urea groups is 1. The van der Waals surface area contributed by atoms with E-state index < -0.39 is 43.9 Å². The van der Waals surface area contributed by atoms with Crippen LogP contribution in [0.1, 0.15) is 17.7 Å². The molecule has 216 valence electrons. The van der Waals surface area contributed by atoms with Crippen LogP contribution in [0, 0.1) is 18.4 Å². The van der Waals surface area contributed by atoms with Crippen LogP contribution >= 0.6 is 0 Å². The molecule has 6 N–H and O–H groups in total. The number of sulfonamides is 2. The van der Waals surface area contributed by atoms with E-state index in [1.807, 2.05) is 4.72 Å². The van der Waals surface area contributed by atoms with Crippen LogP contribution < -0.4 is 25.4 Å². The van der Waals surface area contributed by atoms with Gasteiger partial charge in [-0.3, -0.25) is 9.59 Å². The molecule has 0 unspecified atom stereocenters. The fourth-order valence-corrected chi connectivity index (χ4v) is 5.04. The largest absolute Gasteiger partial charge is 0.348 e. The van der Waals surface area contributed by atoms with Gasteiger partial charge in [0.15, 0.2) is 6.19 Å². The van der Waals surface area contributed by atoms with E-state index in [2.05, 4.69) is 25.9 Å². The van der Waals surface area contributed by atoms with Crippen LogP contribution in [0.25, 0.3) is 0 Å². The highest BCUT2D eigenvalue weighted by molar-refractivity contribution is 7.90. The van der Waals surface area contributed by atoms with Gasteiger partial charge in [-0.05, 0) is 43.3 Å². The lowest BCUT2D eigenvalue weighted by molar-refractivity contribution is -0.126. The summed E-state index contributed by atoms with van der Waals surface area (Å²) >= 11 is 0. The van der Waals surface area contributed by atoms with Crippen LogP contribution in [-0.4, -0.2) is 57.2 Å². The number of aryl methyl sites for hydroxylation is 1. The van der Waals surface area contributed by atoms with Crippen molar-refractivity contribution in [1.29, 1.82) is 5.26 Å². The topological polar surface area (TPSA) is 232 Å². The third-order valence-electron chi connectivity index (χ3n) is 5.44. The smallest absolute Gasteiger partial charge is 0.328 e. The van der Waals surface area contributed by atoms with E-state index in [-0.39, 0.29) is 34.9 Å². The number of carbonyl (C=O) groups excluding carboxylic acids is 3. The third-order valence-corrected chi connectivity index (χ3v) is 8.04. The normalized spacial score (nSPS) is 11.9. The Kier molecular flexibility index (Phi) is 10.0. The standard InChI is InChI=1S/C24H26N8O7S2/c1-16-2-6-20(7-3-16)41(38,39)32-24(35)27-11-10-22(33)31-21(12-18-13-26-15-28-18)23(34)30-17-4-8-19(9-5-17)40(36,37)29-14-25/h2-9,13,15,21,29H,10-12H2,1H3,(H,26,28)(H,30,34)(H,31,33)(H2,27,32,35)/t21-/m0/s1. The number of nitriles is 1. The number of amides is 4. The quantitative estimate of drug-likeness (QED) is 0.123. The zero-order valence-corrected chi connectivity index (χ0v) is 23.2. The number of aromatic nitrogens is 2. The molecule has 15 nitrogen and oxygen atoms in total. The number of carbonyl (C=O) groups is 3. The fourth-order valence-electron chi connectivity index (χ4n) is 3.38. The Morgan fingerprint density at radius 3 is 2.22 bits per heavy atom. The molecule has 1 aromatic heterocycles. The summed E-state index contributed by atoms with van der Waals surface area (Å²) in [6.07, 6.45) is 3.95. The second-order valence-electron chi connectivity index (χ2n) is 8.56. The molecular weight excluding hydrogens is 576 g/mol. The highest BCUT2D eigenvalue weighted by Crippen LogP contribution is 2.15. The lowest BCUT2D eigenvalue weighted by atomic mass is 10.1. The number of benzene rings is 2. The predicted octanol–water partition coefficient (Wildman–Crippen LogP) is 0.222. The van der Waals surface area contributed by atoms with Crippen LogP contribution in [-0.2, 0) is 36.1 Å². The van der Waals surface area contributed by atoms with Crippen molar-refractivity contribution in [3.8, 4) is 6.19 Å². The second kappa shape index (κ2) is 13.4. The first kappa shape index (κ1) is 30.6. The zero-order chi connectivity index (χ0) is 30.0. The second-order valence-corrected chi connectivity index (χ2v) is 11.9. The minimum atomic E-state index is -4.11. The van der Waals surface area contributed by atoms with Crippen molar-refractivity contribution in [3.05, 3.63) is 72.3 Å². The van der Waals surface area contributed by atoms with E-state index >= 15 is 0 Å². The van der Waals surface area contributed by atoms with Crippen molar-refractivity contribution >= 4 is 43.6 Å². The molecule has 1 atom stereocenters. The molecule has 3 aromatic rings. The van der Waals surface area contributed by atoms with E-state index in [9.17, 15) is 31.2 Å². The highest BCUT2D eigenvalue weighted by atomic mass is 32.2. The lowest BCUT2D eigenvalue weighted by Gasteiger charge is -2.18. The Labute approximate surface area is 235 Å². The molecule has 0 spiro atoms. The van der Waals surface area contributed by atoms with Crippen LogP contribution in [0.3, 0.4) is 0 Å².